The lowest BCUT2D eigenvalue weighted by Gasteiger charge is -2.17. The fraction of sp³-hybridized carbons (Fsp3) is 1.00. The molecule has 2 saturated heterocycles. The predicted octanol–water partition coefficient (Wildman–Crippen LogP) is 2.13. The summed E-state index contributed by atoms with van der Waals surface area (Å²) in [5, 5.41) is 0. The minimum absolute atomic E-state index is 0.958. The van der Waals surface area contributed by atoms with Gasteiger partial charge in [0, 0.05) is 12.6 Å². The van der Waals surface area contributed by atoms with Gasteiger partial charge in [0.05, 0.1) is 0 Å². The SMILES string of the molecule is CCC1CN2CCCC2C1C. The van der Waals surface area contributed by atoms with Gasteiger partial charge in [0.2, 0.25) is 0 Å². The van der Waals surface area contributed by atoms with Crippen molar-refractivity contribution >= 4 is 0 Å². The molecule has 0 amide bonds. The van der Waals surface area contributed by atoms with E-state index in [4.69, 9.17) is 0 Å². The van der Waals surface area contributed by atoms with Crippen LogP contribution in [0.3, 0.4) is 0 Å². The summed E-state index contributed by atoms with van der Waals surface area (Å²) in [4.78, 5) is 2.71. The Labute approximate surface area is 69.8 Å². The van der Waals surface area contributed by atoms with Crippen LogP contribution in [0.15, 0.2) is 0 Å². The fourth-order valence-corrected chi connectivity index (χ4v) is 2.96. The summed E-state index contributed by atoms with van der Waals surface area (Å²) in [6.45, 7) is 7.56. The molecule has 2 aliphatic heterocycles. The van der Waals surface area contributed by atoms with Crippen LogP contribution in [-0.4, -0.2) is 24.0 Å². The molecule has 1 nitrogen and oxygen atoms in total. The third-order valence-electron chi connectivity index (χ3n) is 3.76. The van der Waals surface area contributed by atoms with Gasteiger partial charge in [-0.25, -0.2) is 0 Å². The zero-order chi connectivity index (χ0) is 7.84. The van der Waals surface area contributed by atoms with E-state index in [9.17, 15) is 0 Å². The Morgan fingerprint density at radius 2 is 2.27 bits per heavy atom. The van der Waals surface area contributed by atoms with E-state index in [1.54, 1.807) is 0 Å². The highest BCUT2D eigenvalue weighted by Crippen LogP contribution is 2.37. The van der Waals surface area contributed by atoms with Crippen molar-refractivity contribution in [3.05, 3.63) is 0 Å². The number of nitrogens with zero attached hydrogens (tertiary/aromatic N) is 1. The minimum atomic E-state index is 0.958. The topological polar surface area (TPSA) is 3.24 Å². The Bertz CT molecular complexity index is 144. The Balaban J connectivity index is 2.04. The van der Waals surface area contributed by atoms with E-state index >= 15 is 0 Å². The molecule has 2 aliphatic rings. The summed E-state index contributed by atoms with van der Waals surface area (Å²) in [7, 11) is 0. The first-order chi connectivity index (χ1) is 5.33. The summed E-state index contributed by atoms with van der Waals surface area (Å²) in [6, 6.07) is 0.958. The van der Waals surface area contributed by atoms with E-state index in [1.807, 2.05) is 0 Å². The number of hydrogen-bond donors (Lipinski definition) is 0. The van der Waals surface area contributed by atoms with Crippen molar-refractivity contribution in [2.75, 3.05) is 13.1 Å². The maximum absolute atomic E-state index is 2.71. The minimum Gasteiger partial charge on any atom is -0.300 e. The lowest BCUT2D eigenvalue weighted by Crippen LogP contribution is -2.24. The van der Waals surface area contributed by atoms with Crippen molar-refractivity contribution in [2.45, 2.75) is 39.2 Å². The second-order valence-electron chi connectivity index (χ2n) is 4.23. The van der Waals surface area contributed by atoms with Gasteiger partial charge >= 0.3 is 0 Å². The Morgan fingerprint density at radius 1 is 1.45 bits per heavy atom. The largest absolute Gasteiger partial charge is 0.300 e. The van der Waals surface area contributed by atoms with Gasteiger partial charge in [0.15, 0.2) is 0 Å². The van der Waals surface area contributed by atoms with Crippen LogP contribution in [0.1, 0.15) is 33.1 Å². The molecule has 2 fully saturated rings. The van der Waals surface area contributed by atoms with Crippen LogP contribution < -0.4 is 0 Å². The van der Waals surface area contributed by atoms with E-state index in [2.05, 4.69) is 18.7 Å². The first-order valence-corrected chi connectivity index (χ1v) is 5.07. The summed E-state index contributed by atoms with van der Waals surface area (Å²) < 4.78 is 0. The average Bonchev–Trinajstić information content (AvgIpc) is 2.53. The predicted molar refractivity (Wildman–Crippen MR) is 47.5 cm³/mol. The number of hydrogen-bond acceptors (Lipinski definition) is 1. The van der Waals surface area contributed by atoms with E-state index in [0.29, 0.717) is 0 Å². The summed E-state index contributed by atoms with van der Waals surface area (Å²) in [5.41, 5.74) is 0. The van der Waals surface area contributed by atoms with E-state index in [1.165, 1.54) is 32.4 Å². The lowest BCUT2D eigenvalue weighted by atomic mass is 9.89. The molecule has 11 heavy (non-hydrogen) atoms. The normalized spacial score (nSPS) is 44.7. The highest BCUT2D eigenvalue weighted by Gasteiger charge is 2.39. The van der Waals surface area contributed by atoms with Crippen LogP contribution in [-0.2, 0) is 0 Å². The second-order valence-corrected chi connectivity index (χ2v) is 4.23. The van der Waals surface area contributed by atoms with E-state index < -0.39 is 0 Å². The first kappa shape index (κ1) is 7.60. The molecule has 0 radical (unpaired) electrons. The van der Waals surface area contributed by atoms with Gasteiger partial charge in [-0.2, -0.15) is 0 Å². The first-order valence-electron chi connectivity index (χ1n) is 5.07. The molecule has 2 heterocycles. The molecule has 0 spiro atoms. The third-order valence-corrected chi connectivity index (χ3v) is 3.76. The van der Waals surface area contributed by atoms with Crippen LogP contribution in [0, 0.1) is 11.8 Å². The van der Waals surface area contributed by atoms with Crippen molar-refractivity contribution < 1.29 is 0 Å². The molecule has 0 aromatic carbocycles. The molecule has 0 aromatic rings. The van der Waals surface area contributed by atoms with Gasteiger partial charge < -0.3 is 0 Å². The second kappa shape index (κ2) is 2.78. The van der Waals surface area contributed by atoms with E-state index in [0.717, 1.165) is 17.9 Å². The molecule has 0 aliphatic carbocycles. The Morgan fingerprint density at radius 3 is 2.91 bits per heavy atom. The number of fused-ring (bicyclic) bond motifs is 1. The van der Waals surface area contributed by atoms with Gasteiger partial charge in [-0.15, -0.1) is 0 Å². The lowest BCUT2D eigenvalue weighted by molar-refractivity contribution is 0.298. The zero-order valence-corrected chi connectivity index (χ0v) is 7.71. The molecule has 0 bridgehead atoms. The third kappa shape index (κ3) is 1.10. The van der Waals surface area contributed by atoms with Crippen LogP contribution in [0.2, 0.25) is 0 Å². The standard InChI is InChI=1S/C10H19N/c1-3-9-7-11-6-4-5-10(11)8(9)2/h8-10H,3-7H2,1-2H3. The molecule has 3 unspecified atom stereocenters. The number of rotatable bonds is 1. The van der Waals surface area contributed by atoms with E-state index in [-0.39, 0.29) is 0 Å². The van der Waals surface area contributed by atoms with Crippen molar-refractivity contribution in [3.8, 4) is 0 Å². The molecule has 64 valence electrons. The molecule has 3 atom stereocenters. The zero-order valence-electron chi connectivity index (χ0n) is 7.71. The van der Waals surface area contributed by atoms with Crippen LogP contribution in [0.25, 0.3) is 0 Å². The molecule has 0 saturated carbocycles. The van der Waals surface area contributed by atoms with Crippen molar-refractivity contribution in [1.82, 2.24) is 4.90 Å². The molecule has 2 rings (SSSR count). The summed E-state index contributed by atoms with van der Waals surface area (Å²) >= 11 is 0. The van der Waals surface area contributed by atoms with Crippen LogP contribution in [0.5, 0.6) is 0 Å². The van der Waals surface area contributed by atoms with Crippen LogP contribution in [0.4, 0.5) is 0 Å². The monoisotopic (exact) mass is 153 g/mol. The molecular formula is C10H19N. The van der Waals surface area contributed by atoms with Gasteiger partial charge in [-0.3, -0.25) is 4.90 Å². The quantitative estimate of drug-likeness (QED) is 0.558. The van der Waals surface area contributed by atoms with Crippen molar-refractivity contribution in [1.29, 1.82) is 0 Å². The maximum atomic E-state index is 2.71. The van der Waals surface area contributed by atoms with Gasteiger partial charge in [0.25, 0.3) is 0 Å². The van der Waals surface area contributed by atoms with Crippen molar-refractivity contribution in [3.63, 3.8) is 0 Å². The van der Waals surface area contributed by atoms with Crippen LogP contribution >= 0.6 is 0 Å². The molecular weight excluding hydrogens is 134 g/mol. The van der Waals surface area contributed by atoms with Gasteiger partial charge in [0.1, 0.15) is 0 Å². The molecule has 1 heteroatoms. The summed E-state index contributed by atoms with van der Waals surface area (Å²) in [6.07, 6.45) is 4.30. The van der Waals surface area contributed by atoms with Gasteiger partial charge in [-0.05, 0) is 31.2 Å². The Hall–Kier alpha value is -0.0400. The van der Waals surface area contributed by atoms with Crippen molar-refractivity contribution in [2.24, 2.45) is 11.8 Å². The Kier molecular flexibility index (Phi) is 1.92. The summed E-state index contributed by atoms with van der Waals surface area (Å²) in [5.74, 6) is 1.97. The average molecular weight is 153 g/mol. The maximum Gasteiger partial charge on any atom is 0.0125 e. The highest BCUT2D eigenvalue weighted by atomic mass is 15.2. The molecule has 0 aromatic heterocycles. The highest BCUT2D eigenvalue weighted by molar-refractivity contribution is 4.93. The smallest absolute Gasteiger partial charge is 0.0125 e. The fourth-order valence-electron chi connectivity index (χ4n) is 2.96. The molecule has 0 N–H and O–H groups in total. The van der Waals surface area contributed by atoms with Gasteiger partial charge in [-0.1, -0.05) is 20.3 Å².